The van der Waals surface area contributed by atoms with E-state index < -0.39 is 0 Å². The Morgan fingerprint density at radius 3 is 2.26 bits per heavy atom. The molecule has 0 aliphatic carbocycles. The highest BCUT2D eigenvalue weighted by Gasteiger charge is 2.17. The molecule has 0 aliphatic rings. The van der Waals surface area contributed by atoms with Crippen LogP contribution < -0.4 is 15.2 Å². The molecule has 0 bridgehead atoms. The molecule has 0 heterocycles. The van der Waals surface area contributed by atoms with E-state index in [1.54, 1.807) is 14.2 Å². The lowest BCUT2D eigenvalue weighted by molar-refractivity contribution is 0.354. The zero-order valence-electron chi connectivity index (χ0n) is 11.9. The van der Waals surface area contributed by atoms with E-state index in [-0.39, 0.29) is 18.4 Å². The molecule has 1 rings (SSSR count). The second-order valence-corrected chi connectivity index (χ2v) is 5.16. The standard InChI is InChI=1S/C14H22ClNO2.ClH/c1-9(2)5-7-11(16)10-6-8-12(17-3)14(18-4)13(10)15;/h6,8-9,11H,5,7,16H2,1-4H3;1H/t11-;/m0./s1. The summed E-state index contributed by atoms with van der Waals surface area (Å²) in [5, 5.41) is 0.549. The van der Waals surface area contributed by atoms with Gasteiger partial charge in [0.2, 0.25) is 0 Å². The molecule has 0 radical (unpaired) electrons. The lowest BCUT2D eigenvalue weighted by atomic mass is 9.98. The van der Waals surface area contributed by atoms with Crippen molar-refractivity contribution in [2.45, 2.75) is 32.7 Å². The largest absolute Gasteiger partial charge is 0.493 e. The minimum atomic E-state index is -0.0697. The maximum Gasteiger partial charge on any atom is 0.179 e. The van der Waals surface area contributed by atoms with Crippen LogP contribution in [0.1, 0.15) is 38.3 Å². The van der Waals surface area contributed by atoms with E-state index in [2.05, 4.69) is 13.8 Å². The van der Waals surface area contributed by atoms with Crippen LogP contribution in [0.15, 0.2) is 12.1 Å². The summed E-state index contributed by atoms with van der Waals surface area (Å²) in [5.41, 5.74) is 7.09. The van der Waals surface area contributed by atoms with Gasteiger partial charge in [-0.15, -0.1) is 12.4 Å². The van der Waals surface area contributed by atoms with Crippen molar-refractivity contribution in [1.82, 2.24) is 0 Å². The van der Waals surface area contributed by atoms with E-state index in [0.717, 1.165) is 18.4 Å². The Bertz CT molecular complexity index is 397. The summed E-state index contributed by atoms with van der Waals surface area (Å²) in [6.45, 7) is 4.37. The van der Waals surface area contributed by atoms with Crippen LogP contribution in [0.2, 0.25) is 5.02 Å². The van der Waals surface area contributed by atoms with E-state index in [1.165, 1.54) is 0 Å². The number of halogens is 2. The molecule has 0 saturated heterocycles. The van der Waals surface area contributed by atoms with Gasteiger partial charge in [-0.2, -0.15) is 0 Å². The van der Waals surface area contributed by atoms with Crippen LogP contribution in [0.3, 0.4) is 0 Å². The highest BCUT2D eigenvalue weighted by atomic mass is 35.5. The molecule has 19 heavy (non-hydrogen) atoms. The molecule has 0 saturated carbocycles. The maximum absolute atomic E-state index is 6.32. The van der Waals surface area contributed by atoms with E-state index in [1.807, 2.05) is 12.1 Å². The van der Waals surface area contributed by atoms with Crippen molar-refractivity contribution in [2.24, 2.45) is 11.7 Å². The number of benzene rings is 1. The third-order valence-electron chi connectivity index (χ3n) is 2.97. The van der Waals surface area contributed by atoms with Gasteiger partial charge in [-0.1, -0.05) is 31.5 Å². The molecule has 0 unspecified atom stereocenters. The van der Waals surface area contributed by atoms with Crippen molar-refractivity contribution >= 4 is 24.0 Å². The first-order chi connectivity index (χ1) is 8.51. The van der Waals surface area contributed by atoms with Crippen molar-refractivity contribution in [3.05, 3.63) is 22.7 Å². The third kappa shape index (κ3) is 4.75. The second-order valence-electron chi connectivity index (χ2n) is 4.78. The molecule has 5 heteroatoms. The third-order valence-corrected chi connectivity index (χ3v) is 3.36. The monoisotopic (exact) mass is 307 g/mol. The first kappa shape index (κ1) is 18.4. The van der Waals surface area contributed by atoms with Crippen LogP contribution in [0.25, 0.3) is 0 Å². The molecule has 0 amide bonds. The van der Waals surface area contributed by atoms with Gasteiger partial charge in [-0.3, -0.25) is 0 Å². The van der Waals surface area contributed by atoms with E-state index in [4.69, 9.17) is 26.8 Å². The Morgan fingerprint density at radius 2 is 1.79 bits per heavy atom. The lowest BCUT2D eigenvalue weighted by Crippen LogP contribution is -2.12. The number of hydrogen-bond acceptors (Lipinski definition) is 3. The molecule has 0 fully saturated rings. The quantitative estimate of drug-likeness (QED) is 0.856. The summed E-state index contributed by atoms with van der Waals surface area (Å²) in [6, 6.07) is 3.68. The summed E-state index contributed by atoms with van der Waals surface area (Å²) >= 11 is 6.32. The Kier molecular flexibility index (Phi) is 8.23. The summed E-state index contributed by atoms with van der Waals surface area (Å²) in [4.78, 5) is 0. The number of hydrogen-bond donors (Lipinski definition) is 1. The average Bonchev–Trinajstić information content (AvgIpc) is 2.35. The number of methoxy groups -OCH3 is 2. The number of ether oxygens (including phenoxy) is 2. The summed E-state index contributed by atoms with van der Waals surface area (Å²) in [7, 11) is 3.17. The van der Waals surface area contributed by atoms with Gasteiger partial charge < -0.3 is 15.2 Å². The van der Waals surface area contributed by atoms with Crippen LogP contribution in [-0.2, 0) is 0 Å². The summed E-state index contributed by atoms with van der Waals surface area (Å²) in [5.74, 6) is 1.81. The summed E-state index contributed by atoms with van der Waals surface area (Å²) < 4.78 is 10.5. The highest BCUT2D eigenvalue weighted by molar-refractivity contribution is 6.33. The zero-order valence-corrected chi connectivity index (χ0v) is 13.5. The van der Waals surface area contributed by atoms with E-state index in [9.17, 15) is 0 Å². The van der Waals surface area contributed by atoms with Crippen LogP contribution in [0.4, 0.5) is 0 Å². The number of nitrogens with two attached hydrogens (primary N) is 1. The van der Waals surface area contributed by atoms with Gasteiger partial charge in [-0.05, 0) is 30.4 Å². The van der Waals surface area contributed by atoms with Gasteiger partial charge in [-0.25, -0.2) is 0 Å². The van der Waals surface area contributed by atoms with Crippen LogP contribution in [-0.4, -0.2) is 14.2 Å². The summed E-state index contributed by atoms with van der Waals surface area (Å²) in [6.07, 6.45) is 1.98. The Balaban J connectivity index is 0.00000324. The lowest BCUT2D eigenvalue weighted by Gasteiger charge is -2.18. The van der Waals surface area contributed by atoms with Crippen molar-refractivity contribution < 1.29 is 9.47 Å². The van der Waals surface area contributed by atoms with Crippen molar-refractivity contribution in [3.63, 3.8) is 0 Å². The molecule has 110 valence electrons. The molecule has 0 spiro atoms. The smallest absolute Gasteiger partial charge is 0.179 e. The fourth-order valence-corrected chi connectivity index (χ4v) is 2.23. The molecule has 0 aromatic heterocycles. The van der Waals surface area contributed by atoms with Gasteiger partial charge in [0.05, 0.1) is 19.2 Å². The molecule has 2 N–H and O–H groups in total. The van der Waals surface area contributed by atoms with Crippen LogP contribution >= 0.6 is 24.0 Å². The van der Waals surface area contributed by atoms with Crippen molar-refractivity contribution in [1.29, 1.82) is 0 Å². The first-order valence-corrected chi connectivity index (χ1v) is 6.55. The Morgan fingerprint density at radius 1 is 1.16 bits per heavy atom. The molecule has 1 aromatic rings. The highest BCUT2D eigenvalue weighted by Crippen LogP contribution is 2.39. The fraction of sp³-hybridized carbons (Fsp3) is 0.571. The SMILES string of the molecule is COc1ccc([C@@H](N)CCC(C)C)c(Cl)c1OC.Cl. The van der Waals surface area contributed by atoms with Gasteiger partial charge in [0.1, 0.15) is 0 Å². The Hall–Kier alpha value is -0.640. The van der Waals surface area contributed by atoms with Crippen molar-refractivity contribution in [2.75, 3.05) is 14.2 Å². The normalized spacial score (nSPS) is 11.9. The molecule has 0 aliphatic heterocycles. The Labute approximate surface area is 126 Å². The predicted molar refractivity (Wildman–Crippen MR) is 82.8 cm³/mol. The first-order valence-electron chi connectivity index (χ1n) is 6.17. The average molecular weight is 308 g/mol. The van der Waals surface area contributed by atoms with E-state index >= 15 is 0 Å². The van der Waals surface area contributed by atoms with Gasteiger partial charge in [0, 0.05) is 6.04 Å². The van der Waals surface area contributed by atoms with Gasteiger partial charge in [0.15, 0.2) is 11.5 Å². The molecular formula is C14H23Cl2NO2. The molecule has 1 atom stereocenters. The van der Waals surface area contributed by atoms with Crippen LogP contribution in [0, 0.1) is 5.92 Å². The molecular weight excluding hydrogens is 285 g/mol. The van der Waals surface area contributed by atoms with E-state index in [0.29, 0.717) is 22.4 Å². The molecule has 1 aromatic carbocycles. The second kappa shape index (κ2) is 8.51. The fourth-order valence-electron chi connectivity index (χ4n) is 1.86. The van der Waals surface area contributed by atoms with Gasteiger partial charge in [0.25, 0.3) is 0 Å². The topological polar surface area (TPSA) is 44.5 Å². The minimum absolute atomic E-state index is 0. The molecule has 3 nitrogen and oxygen atoms in total. The van der Waals surface area contributed by atoms with Crippen LogP contribution in [0.5, 0.6) is 11.5 Å². The minimum Gasteiger partial charge on any atom is -0.493 e. The zero-order chi connectivity index (χ0) is 13.7. The van der Waals surface area contributed by atoms with Crippen molar-refractivity contribution in [3.8, 4) is 11.5 Å². The maximum atomic E-state index is 6.32. The van der Waals surface area contributed by atoms with Gasteiger partial charge >= 0.3 is 0 Å². The predicted octanol–water partition coefficient (Wildman–Crippen LogP) is 4.22. The number of rotatable bonds is 6.